The Hall–Kier alpha value is -2.28. The lowest BCUT2D eigenvalue weighted by Gasteiger charge is -2.16. The molecule has 0 radical (unpaired) electrons. The van der Waals surface area contributed by atoms with E-state index in [9.17, 15) is 4.39 Å². The molecule has 146 valence electrons. The molecule has 2 heterocycles. The molecule has 0 unspecified atom stereocenters. The number of hydrogen-bond acceptors (Lipinski definition) is 5. The number of likely N-dealkylation sites (tertiary alicyclic amines) is 1. The molecule has 1 fully saturated rings. The predicted molar refractivity (Wildman–Crippen MR) is 110 cm³/mol. The standard InChI is InChI=1S/C22H24FN3OS/c23-18-6-8-20(9-7-18)27-14-22-25-19(15-28-22)12-26-11-17(10-24)21(13-26)16-4-2-1-3-5-16/h1-9,15,17,21H,10-14,24H2/t17-,21+/m1/s1. The first-order valence-electron chi connectivity index (χ1n) is 9.50. The molecule has 4 nitrogen and oxygen atoms in total. The zero-order valence-electron chi connectivity index (χ0n) is 15.6. The van der Waals surface area contributed by atoms with Crippen LogP contribution in [0.15, 0.2) is 60.0 Å². The van der Waals surface area contributed by atoms with Crippen LogP contribution in [0.3, 0.4) is 0 Å². The highest BCUT2D eigenvalue weighted by Gasteiger charge is 2.32. The van der Waals surface area contributed by atoms with Gasteiger partial charge < -0.3 is 10.5 Å². The Kier molecular flexibility index (Phi) is 6.00. The molecule has 1 aromatic heterocycles. The van der Waals surface area contributed by atoms with E-state index in [1.807, 2.05) is 0 Å². The Morgan fingerprint density at radius 1 is 1.11 bits per heavy atom. The fourth-order valence-electron chi connectivity index (χ4n) is 3.80. The van der Waals surface area contributed by atoms with Gasteiger partial charge in [0.05, 0.1) is 5.69 Å². The van der Waals surface area contributed by atoms with Crippen molar-refractivity contribution in [2.45, 2.75) is 19.1 Å². The second kappa shape index (κ2) is 8.82. The van der Waals surface area contributed by atoms with Crippen LogP contribution in [0.1, 0.15) is 22.2 Å². The molecule has 6 heteroatoms. The maximum atomic E-state index is 13.0. The van der Waals surface area contributed by atoms with Crippen LogP contribution in [0.5, 0.6) is 5.75 Å². The zero-order valence-corrected chi connectivity index (χ0v) is 16.4. The topological polar surface area (TPSA) is 51.4 Å². The third-order valence-electron chi connectivity index (χ3n) is 5.21. The van der Waals surface area contributed by atoms with Crippen LogP contribution in [-0.4, -0.2) is 29.5 Å². The highest BCUT2D eigenvalue weighted by molar-refractivity contribution is 7.09. The number of aromatic nitrogens is 1. The van der Waals surface area contributed by atoms with E-state index >= 15 is 0 Å². The van der Waals surface area contributed by atoms with Crippen molar-refractivity contribution in [1.29, 1.82) is 0 Å². The second-order valence-corrected chi connectivity index (χ2v) is 8.12. The summed E-state index contributed by atoms with van der Waals surface area (Å²) in [5.41, 5.74) is 8.48. The molecular weight excluding hydrogens is 373 g/mol. The third kappa shape index (κ3) is 4.58. The Labute approximate surface area is 168 Å². The second-order valence-electron chi connectivity index (χ2n) is 7.18. The number of rotatable bonds is 7. The first-order chi connectivity index (χ1) is 13.7. The first kappa shape index (κ1) is 19.1. The Bertz CT molecular complexity index is 884. The molecular formula is C22H24FN3OS. The van der Waals surface area contributed by atoms with Crippen molar-refractivity contribution in [3.05, 3.63) is 82.1 Å². The van der Waals surface area contributed by atoms with E-state index in [1.54, 1.807) is 23.5 Å². The summed E-state index contributed by atoms with van der Waals surface area (Å²) in [7, 11) is 0. The van der Waals surface area contributed by atoms with Crippen LogP contribution in [0.25, 0.3) is 0 Å². The number of nitrogens with two attached hydrogens (primary N) is 1. The molecule has 2 aromatic carbocycles. The normalized spacial score (nSPS) is 19.8. The molecule has 1 aliphatic heterocycles. The minimum atomic E-state index is -0.265. The third-order valence-corrected chi connectivity index (χ3v) is 6.08. The summed E-state index contributed by atoms with van der Waals surface area (Å²) in [5.74, 6) is 1.33. The maximum absolute atomic E-state index is 13.0. The van der Waals surface area contributed by atoms with Crippen molar-refractivity contribution in [2.24, 2.45) is 11.7 Å². The first-order valence-corrected chi connectivity index (χ1v) is 10.4. The lowest BCUT2D eigenvalue weighted by atomic mass is 9.89. The highest BCUT2D eigenvalue weighted by Crippen LogP contribution is 2.32. The molecule has 4 rings (SSSR count). The summed E-state index contributed by atoms with van der Waals surface area (Å²) < 4.78 is 18.6. The fourth-order valence-corrected chi connectivity index (χ4v) is 4.50. The molecule has 1 saturated heterocycles. The number of thiazole rings is 1. The van der Waals surface area contributed by atoms with E-state index in [4.69, 9.17) is 15.5 Å². The predicted octanol–water partition coefficient (Wildman–Crippen LogP) is 4.04. The Balaban J connectivity index is 1.34. The molecule has 3 aromatic rings. The van der Waals surface area contributed by atoms with Crippen molar-refractivity contribution in [2.75, 3.05) is 19.6 Å². The van der Waals surface area contributed by atoms with E-state index in [2.05, 4.69) is 40.6 Å². The zero-order chi connectivity index (χ0) is 19.3. The number of ether oxygens (including phenoxy) is 1. The monoisotopic (exact) mass is 397 g/mol. The minimum Gasteiger partial charge on any atom is -0.486 e. The van der Waals surface area contributed by atoms with Crippen LogP contribution >= 0.6 is 11.3 Å². The number of halogens is 1. The van der Waals surface area contributed by atoms with Gasteiger partial charge >= 0.3 is 0 Å². The van der Waals surface area contributed by atoms with Gasteiger partial charge in [-0.3, -0.25) is 4.90 Å². The highest BCUT2D eigenvalue weighted by atomic mass is 32.1. The van der Waals surface area contributed by atoms with Gasteiger partial charge in [-0.15, -0.1) is 11.3 Å². The minimum absolute atomic E-state index is 0.265. The van der Waals surface area contributed by atoms with Crippen LogP contribution in [-0.2, 0) is 13.2 Å². The van der Waals surface area contributed by atoms with Crippen LogP contribution in [0, 0.1) is 11.7 Å². The Morgan fingerprint density at radius 2 is 1.89 bits per heavy atom. The van der Waals surface area contributed by atoms with Gasteiger partial charge in [0.2, 0.25) is 0 Å². The summed E-state index contributed by atoms with van der Waals surface area (Å²) in [6, 6.07) is 16.7. The summed E-state index contributed by atoms with van der Waals surface area (Å²) in [6.45, 7) is 3.92. The van der Waals surface area contributed by atoms with E-state index in [-0.39, 0.29) is 5.82 Å². The molecule has 0 aliphatic carbocycles. The molecule has 0 saturated carbocycles. The van der Waals surface area contributed by atoms with E-state index in [0.29, 0.717) is 30.7 Å². The van der Waals surface area contributed by atoms with Crippen molar-refractivity contribution in [3.63, 3.8) is 0 Å². The molecule has 28 heavy (non-hydrogen) atoms. The quantitative estimate of drug-likeness (QED) is 0.654. The van der Waals surface area contributed by atoms with Gasteiger partial charge in [0.25, 0.3) is 0 Å². The lowest BCUT2D eigenvalue weighted by molar-refractivity contribution is 0.300. The average molecular weight is 398 g/mol. The molecule has 1 aliphatic rings. The summed E-state index contributed by atoms with van der Waals surface area (Å²) in [5, 5.41) is 3.02. The van der Waals surface area contributed by atoms with Crippen molar-refractivity contribution in [3.8, 4) is 5.75 Å². The molecule has 0 amide bonds. The van der Waals surface area contributed by atoms with E-state index < -0.39 is 0 Å². The van der Waals surface area contributed by atoms with E-state index in [1.165, 1.54) is 17.7 Å². The van der Waals surface area contributed by atoms with Gasteiger partial charge in [0.15, 0.2) is 0 Å². The largest absolute Gasteiger partial charge is 0.486 e. The van der Waals surface area contributed by atoms with Gasteiger partial charge in [-0.2, -0.15) is 0 Å². The molecule has 0 bridgehead atoms. The van der Waals surface area contributed by atoms with Crippen LogP contribution in [0.4, 0.5) is 4.39 Å². The molecule has 2 N–H and O–H groups in total. The summed E-state index contributed by atoms with van der Waals surface area (Å²) in [6.07, 6.45) is 0. The van der Waals surface area contributed by atoms with Gasteiger partial charge in [-0.05, 0) is 42.3 Å². The maximum Gasteiger partial charge on any atom is 0.140 e. The van der Waals surface area contributed by atoms with Gasteiger partial charge in [-0.25, -0.2) is 9.37 Å². The SMILES string of the molecule is NC[C@@H]1CN(Cc2csc(COc3ccc(F)cc3)n2)C[C@H]1c1ccccc1. The number of hydrogen-bond donors (Lipinski definition) is 1. The molecule has 2 atom stereocenters. The molecule has 0 spiro atoms. The van der Waals surface area contributed by atoms with Crippen molar-refractivity contribution < 1.29 is 9.13 Å². The smallest absolute Gasteiger partial charge is 0.140 e. The average Bonchev–Trinajstić information content (AvgIpc) is 3.35. The van der Waals surface area contributed by atoms with Crippen molar-refractivity contribution >= 4 is 11.3 Å². The summed E-state index contributed by atoms with van der Waals surface area (Å²) >= 11 is 1.60. The fraction of sp³-hybridized carbons (Fsp3) is 0.318. The number of benzene rings is 2. The van der Waals surface area contributed by atoms with Crippen molar-refractivity contribution in [1.82, 2.24) is 9.88 Å². The lowest BCUT2D eigenvalue weighted by Crippen LogP contribution is -2.23. The van der Waals surface area contributed by atoms with Crippen LogP contribution < -0.4 is 10.5 Å². The summed E-state index contributed by atoms with van der Waals surface area (Å²) in [4.78, 5) is 7.14. The van der Waals surface area contributed by atoms with E-state index in [0.717, 1.165) is 30.3 Å². The van der Waals surface area contributed by atoms with Gasteiger partial charge in [0, 0.05) is 30.9 Å². The van der Waals surface area contributed by atoms with Gasteiger partial charge in [-0.1, -0.05) is 30.3 Å². The van der Waals surface area contributed by atoms with Crippen LogP contribution in [0.2, 0.25) is 0 Å². The number of nitrogens with zero attached hydrogens (tertiary/aromatic N) is 2. The van der Waals surface area contributed by atoms with Gasteiger partial charge in [0.1, 0.15) is 23.2 Å². The Morgan fingerprint density at radius 3 is 2.64 bits per heavy atom.